The fourth-order valence-electron chi connectivity index (χ4n) is 9.80. The van der Waals surface area contributed by atoms with E-state index < -0.39 is 12.2 Å². The molecule has 2 spiro atoms. The van der Waals surface area contributed by atoms with Gasteiger partial charge < -0.3 is 0 Å². The molecule has 0 aromatic heterocycles. The SMILES string of the molecule is CC1C=CC2=C(Oc3ccccc3C23c2ccccc2-c2ccccc23)C12C1=CC=C(P(C)(O)(c3ccccc3)c3ccccc3)C=CC12. The minimum atomic E-state index is -3.75. The molecule has 1 N–H and O–H groups in total. The van der Waals surface area contributed by atoms with Gasteiger partial charge in [0.05, 0.1) is 0 Å². The number of rotatable bonds is 3. The first kappa shape index (κ1) is 29.0. The summed E-state index contributed by atoms with van der Waals surface area (Å²) >= 11 is 0. The molecule has 3 heteroatoms. The van der Waals surface area contributed by atoms with Crippen LogP contribution in [0.15, 0.2) is 192 Å². The average molecular weight is 653 g/mol. The van der Waals surface area contributed by atoms with Gasteiger partial charge in [-0.1, -0.05) is 0 Å². The maximum atomic E-state index is 13.2. The zero-order valence-corrected chi connectivity index (χ0v) is 28.5. The van der Waals surface area contributed by atoms with E-state index in [0.717, 1.165) is 27.4 Å². The second-order valence-electron chi connectivity index (χ2n) is 14.4. The standard InChI is InChI=1S/C46H37O2P/c1-31-25-28-42-44(48-43-24-14-13-23-41(43)46(42)37-21-11-9-19-35(37)36-20-10-12-22-38(36)46)45(31)39-29-26-34(27-30-40(39)45)49(2,47,32-15-5-3-6-16-32)33-17-7-4-8-18-33/h3-31,39,47H,1-2H3. The van der Waals surface area contributed by atoms with Crippen molar-refractivity contribution < 1.29 is 9.63 Å². The molecule has 1 heterocycles. The minimum absolute atomic E-state index is 0.146. The predicted octanol–water partition coefficient (Wildman–Crippen LogP) is 9.59. The van der Waals surface area contributed by atoms with Crippen LogP contribution in [0.5, 0.6) is 5.75 Å². The van der Waals surface area contributed by atoms with Crippen LogP contribution in [0.3, 0.4) is 0 Å². The molecule has 3 unspecified atom stereocenters. The van der Waals surface area contributed by atoms with E-state index in [9.17, 15) is 4.89 Å². The molecule has 2 nitrogen and oxygen atoms in total. The van der Waals surface area contributed by atoms with Crippen LogP contribution < -0.4 is 15.3 Å². The van der Waals surface area contributed by atoms with Crippen molar-refractivity contribution in [2.24, 2.45) is 17.3 Å². The molecule has 49 heavy (non-hydrogen) atoms. The summed E-state index contributed by atoms with van der Waals surface area (Å²) in [4.78, 5) is 13.2. The predicted molar refractivity (Wildman–Crippen MR) is 203 cm³/mol. The van der Waals surface area contributed by atoms with Crippen LogP contribution in [0.1, 0.15) is 23.6 Å². The monoisotopic (exact) mass is 652 g/mol. The zero-order chi connectivity index (χ0) is 33.0. The summed E-state index contributed by atoms with van der Waals surface area (Å²) < 4.78 is 7.18. The summed E-state index contributed by atoms with van der Waals surface area (Å²) in [6.45, 7) is 0.659. The Hall–Kier alpha value is -5.01. The number of ether oxygens (including phenoxy) is 1. The molecule has 1 saturated carbocycles. The van der Waals surface area contributed by atoms with E-state index in [1.165, 1.54) is 39.0 Å². The quantitative estimate of drug-likeness (QED) is 0.197. The molecule has 0 radical (unpaired) electrons. The molecule has 0 saturated heterocycles. The van der Waals surface area contributed by atoms with Gasteiger partial charge in [-0.05, 0) is 0 Å². The summed E-state index contributed by atoms with van der Waals surface area (Å²) in [6.07, 6.45) is 13.9. The number of fused-ring (bicyclic) bond motifs is 12. The van der Waals surface area contributed by atoms with Crippen molar-refractivity contribution in [2.45, 2.75) is 12.3 Å². The first-order valence-electron chi connectivity index (χ1n) is 17.3. The van der Waals surface area contributed by atoms with Gasteiger partial charge in [0, 0.05) is 0 Å². The Bertz CT molecular complexity index is 2290. The molecule has 0 bridgehead atoms. The van der Waals surface area contributed by atoms with Crippen molar-refractivity contribution in [2.75, 3.05) is 6.66 Å². The molecule has 1 aliphatic heterocycles. The Labute approximate surface area is 288 Å². The normalized spacial score (nSPS) is 24.3. The fraction of sp³-hybridized carbons (Fsp3) is 0.130. The van der Waals surface area contributed by atoms with Gasteiger partial charge in [-0.25, -0.2) is 0 Å². The summed E-state index contributed by atoms with van der Waals surface area (Å²) in [6, 6.07) is 47.0. The molecule has 5 aromatic rings. The van der Waals surface area contributed by atoms with Crippen molar-refractivity contribution in [1.29, 1.82) is 0 Å². The Morgan fingerprint density at radius 1 is 0.612 bits per heavy atom. The van der Waals surface area contributed by atoms with E-state index >= 15 is 0 Å². The van der Waals surface area contributed by atoms with Gasteiger partial charge in [0.1, 0.15) is 0 Å². The van der Waals surface area contributed by atoms with E-state index in [2.05, 4.69) is 147 Å². The van der Waals surface area contributed by atoms with Gasteiger partial charge in [0.2, 0.25) is 0 Å². The van der Waals surface area contributed by atoms with E-state index in [4.69, 9.17) is 4.74 Å². The van der Waals surface area contributed by atoms with Crippen molar-refractivity contribution >= 4 is 17.4 Å². The Morgan fingerprint density at radius 3 is 1.80 bits per heavy atom. The van der Waals surface area contributed by atoms with Crippen LogP contribution in [0.4, 0.5) is 0 Å². The van der Waals surface area contributed by atoms with Crippen LogP contribution in [0.25, 0.3) is 11.1 Å². The van der Waals surface area contributed by atoms with Gasteiger partial charge in [0.15, 0.2) is 0 Å². The molecule has 1 fully saturated rings. The molecule has 0 amide bonds. The first-order chi connectivity index (χ1) is 23.9. The summed E-state index contributed by atoms with van der Waals surface area (Å²) in [5.74, 6) is 2.37. The summed E-state index contributed by atoms with van der Waals surface area (Å²) in [5.41, 5.74) is 8.20. The maximum absolute atomic E-state index is 13.2. The fourth-order valence-corrected chi connectivity index (χ4v) is 13.4. The van der Waals surface area contributed by atoms with Crippen molar-refractivity contribution in [1.82, 2.24) is 0 Å². The van der Waals surface area contributed by atoms with Gasteiger partial charge in [0.25, 0.3) is 0 Å². The molecule has 4 aliphatic carbocycles. The third-order valence-corrected chi connectivity index (χ3v) is 17.0. The van der Waals surface area contributed by atoms with Crippen LogP contribution in [0, 0.1) is 17.3 Å². The van der Waals surface area contributed by atoms with Gasteiger partial charge in [-0.3, -0.25) is 0 Å². The van der Waals surface area contributed by atoms with E-state index in [-0.39, 0.29) is 17.3 Å². The van der Waals surface area contributed by atoms with Crippen LogP contribution >= 0.6 is 6.83 Å². The van der Waals surface area contributed by atoms with Gasteiger partial charge >= 0.3 is 289 Å². The topological polar surface area (TPSA) is 29.5 Å². The van der Waals surface area contributed by atoms with E-state index in [1.807, 2.05) is 36.4 Å². The molecule has 3 atom stereocenters. The second kappa shape index (κ2) is 9.79. The zero-order valence-electron chi connectivity index (χ0n) is 27.6. The number of benzene rings is 5. The Balaban J connectivity index is 1.20. The third-order valence-electron chi connectivity index (χ3n) is 12.3. The Kier molecular flexibility index (Phi) is 5.78. The number of hydrogen-bond donors (Lipinski definition) is 1. The van der Waals surface area contributed by atoms with Crippen molar-refractivity contribution in [3.63, 3.8) is 0 Å². The first-order valence-corrected chi connectivity index (χ1v) is 19.9. The van der Waals surface area contributed by atoms with Crippen LogP contribution in [-0.4, -0.2) is 11.6 Å². The number of allylic oxidation sites excluding steroid dienone is 9. The number of para-hydroxylation sites is 1. The molecular weight excluding hydrogens is 615 g/mol. The van der Waals surface area contributed by atoms with Crippen LogP contribution in [-0.2, 0) is 5.41 Å². The molecule has 5 aliphatic rings. The van der Waals surface area contributed by atoms with Crippen molar-refractivity contribution in [3.8, 4) is 16.9 Å². The second-order valence-corrected chi connectivity index (χ2v) is 19.0. The van der Waals surface area contributed by atoms with Gasteiger partial charge in [-0.15, -0.1) is 0 Å². The van der Waals surface area contributed by atoms with Crippen molar-refractivity contribution in [3.05, 3.63) is 209 Å². The van der Waals surface area contributed by atoms with E-state index in [1.54, 1.807) is 0 Å². The van der Waals surface area contributed by atoms with Crippen LogP contribution in [0.2, 0.25) is 0 Å². The van der Waals surface area contributed by atoms with E-state index in [0.29, 0.717) is 0 Å². The Morgan fingerprint density at radius 2 is 1.16 bits per heavy atom. The molecule has 10 rings (SSSR count). The third kappa shape index (κ3) is 3.44. The average Bonchev–Trinajstić information content (AvgIpc) is 3.77. The number of hydrogen-bond acceptors (Lipinski definition) is 2. The molecule has 5 aromatic carbocycles. The summed E-state index contributed by atoms with van der Waals surface area (Å²) in [5, 5.41) is 2.90. The molecular formula is C46H37O2P. The molecule has 238 valence electrons. The van der Waals surface area contributed by atoms with Gasteiger partial charge in [-0.2, -0.15) is 0 Å². The summed E-state index contributed by atoms with van der Waals surface area (Å²) in [7, 11) is 0.